The minimum atomic E-state index is 0.263. The van der Waals surface area contributed by atoms with Gasteiger partial charge in [-0.15, -0.1) is 0 Å². The van der Waals surface area contributed by atoms with Gasteiger partial charge < -0.3 is 0 Å². The Balaban J connectivity index is 1.98. The lowest BCUT2D eigenvalue weighted by atomic mass is 10.1. The van der Waals surface area contributed by atoms with Gasteiger partial charge in [-0.05, 0) is 49.9 Å². The van der Waals surface area contributed by atoms with E-state index >= 15 is 0 Å². The van der Waals surface area contributed by atoms with Crippen molar-refractivity contribution in [2.75, 3.05) is 5.75 Å². The quantitative estimate of drug-likeness (QED) is 0.882. The molecule has 0 saturated carbocycles. The number of H-pyrrole nitrogens is 1. The molecule has 3 rings (SSSR count). The van der Waals surface area contributed by atoms with Crippen LogP contribution in [0.5, 0.6) is 0 Å². The molecule has 6 heteroatoms. The zero-order chi connectivity index (χ0) is 13.3. The van der Waals surface area contributed by atoms with Crippen molar-refractivity contribution in [1.29, 1.82) is 0 Å². The molecule has 3 heterocycles. The first-order valence-electron chi connectivity index (χ1n) is 6.38. The van der Waals surface area contributed by atoms with Gasteiger partial charge in [0.1, 0.15) is 0 Å². The summed E-state index contributed by atoms with van der Waals surface area (Å²) in [4.78, 5) is 4.15. The molecule has 1 aliphatic rings. The van der Waals surface area contributed by atoms with Gasteiger partial charge in [-0.25, -0.2) is 0 Å². The van der Waals surface area contributed by atoms with Gasteiger partial charge in [-0.1, -0.05) is 0 Å². The number of nitrogens with one attached hydrogen (secondary N) is 1. The highest BCUT2D eigenvalue weighted by Gasteiger charge is 2.31. The van der Waals surface area contributed by atoms with Crippen molar-refractivity contribution in [3.05, 3.63) is 29.3 Å². The molecule has 1 N–H and O–H groups in total. The van der Waals surface area contributed by atoms with Crippen LogP contribution < -0.4 is 0 Å². The lowest BCUT2D eigenvalue weighted by Crippen LogP contribution is -2.24. The van der Waals surface area contributed by atoms with E-state index in [0.717, 1.165) is 17.9 Å². The molecule has 2 aromatic rings. The van der Waals surface area contributed by atoms with Gasteiger partial charge in [-0.2, -0.15) is 16.9 Å². The van der Waals surface area contributed by atoms with Crippen LogP contribution in [0.25, 0.3) is 11.4 Å². The molecule has 0 radical (unpaired) electrons. The molecule has 100 valence electrons. The summed E-state index contributed by atoms with van der Waals surface area (Å²) in [5, 5.41) is 7.26. The third-order valence-electron chi connectivity index (χ3n) is 3.47. The minimum absolute atomic E-state index is 0.263. The van der Waals surface area contributed by atoms with Gasteiger partial charge in [0.2, 0.25) is 0 Å². The highest BCUT2D eigenvalue weighted by atomic mass is 32.2. The molecule has 1 saturated heterocycles. The Morgan fingerprint density at radius 1 is 1.58 bits per heavy atom. The third-order valence-corrected chi connectivity index (χ3v) is 5.31. The van der Waals surface area contributed by atoms with E-state index in [9.17, 15) is 0 Å². The molecule has 0 bridgehead atoms. The van der Waals surface area contributed by atoms with Gasteiger partial charge >= 0.3 is 0 Å². The topological polar surface area (TPSA) is 46.5 Å². The predicted molar refractivity (Wildman–Crippen MR) is 80.7 cm³/mol. The molecule has 4 nitrogen and oxygen atoms in total. The second kappa shape index (κ2) is 5.09. The van der Waals surface area contributed by atoms with Crippen molar-refractivity contribution in [3.8, 4) is 11.4 Å². The van der Waals surface area contributed by atoms with Crippen LogP contribution in [0.4, 0.5) is 0 Å². The van der Waals surface area contributed by atoms with Crippen LogP contribution in [-0.2, 0) is 6.54 Å². The molecule has 19 heavy (non-hydrogen) atoms. The van der Waals surface area contributed by atoms with Crippen LogP contribution in [0.3, 0.4) is 0 Å². The molecular formula is C13H16N4S2. The number of hydrogen-bond donors (Lipinski definition) is 1. The number of aromatic amines is 1. The monoisotopic (exact) mass is 292 g/mol. The lowest BCUT2D eigenvalue weighted by Gasteiger charge is -2.23. The average Bonchev–Trinajstić information content (AvgIpc) is 2.99. The fraction of sp³-hybridized carbons (Fsp3) is 0.462. The van der Waals surface area contributed by atoms with Gasteiger partial charge in [0, 0.05) is 29.2 Å². The second-order valence-electron chi connectivity index (χ2n) is 5.08. The van der Waals surface area contributed by atoms with E-state index in [-0.39, 0.29) is 4.75 Å². The van der Waals surface area contributed by atoms with Crippen LogP contribution in [0.2, 0.25) is 0 Å². The lowest BCUT2D eigenvalue weighted by molar-refractivity contribution is 0.509. The molecule has 0 aromatic carbocycles. The molecule has 1 unspecified atom stereocenters. The summed E-state index contributed by atoms with van der Waals surface area (Å²) >= 11 is 7.40. The van der Waals surface area contributed by atoms with Crippen LogP contribution in [0, 0.1) is 4.77 Å². The van der Waals surface area contributed by atoms with Crippen molar-refractivity contribution < 1.29 is 0 Å². The maximum Gasteiger partial charge on any atom is 0.195 e. The molecule has 1 atom stereocenters. The number of pyridine rings is 1. The summed E-state index contributed by atoms with van der Waals surface area (Å²) in [7, 11) is 0. The minimum Gasteiger partial charge on any atom is -0.299 e. The Bertz CT molecular complexity index is 611. The molecule has 0 aliphatic carbocycles. The number of hydrogen-bond acceptors (Lipinski definition) is 4. The van der Waals surface area contributed by atoms with Crippen molar-refractivity contribution in [2.45, 2.75) is 31.1 Å². The second-order valence-corrected chi connectivity index (χ2v) is 7.15. The predicted octanol–water partition coefficient (Wildman–Crippen LogP) is 3.29. The maximum atomic E-state index is 5.37. The Morgan fingerprint density at radius 2 is 2.47 bits per heavy atom. The van der Waals surface area contributed by atoms with E-state index in [1.807, 2.05) is 30.1 Å². The molecule has 2 aromatic heterocycles. The molecular weight excluding hydrogens is 276 g/mol. The third kappa shape index (κ3) is 2.60. The SMILES string of the molecule is CC1(Cn2c(-c3cccnc3)n[nH]c2=S)CCCS1. The summed E-state index contributed by atoms with van der Waals surface area (Å²) in [5.41, 5.74) is 1.00. The van der Waals surface area contributed by atoms with Gasteiger partial charge in [-0.3, -0.25) is 14.6 Å². The van der Waals surface area contributed by atoms with Gasteiger partial charge in [0.15, 0.2) is 10.6 Å². The Kier molecular flexibility index (Phi) is 3.45. The highest BCUT2D eigenvalue weighted by Crippen LogP contribution is 2.39. The number of rotatable bonds is 3. The van der Waals surface area contributed by atoms with E-state index in [4.69, 9.17) is 12.2 Å². The van der Waals surface area contributed by atoms with Crippen LogP contribution in [-0.4, -0.2) is 30.2 Å². The molecule has 0 spiro atoms. The van der Waals surface area contributed by atoms with Crippen LogP contribution >= 0.6 is 24.0 Å². The smallest absolute Gasteiger partial charge is 0.195 e. The Morgan fingerprint density at radius 3 is 3.16 bits per heavy atom. The van der Waals surface area contributed by atoms with Crippen molar-refractivity contribution >= 4 is 24.0 Å². The van der Waals surface area contributed by atoms with Crippen LogP contribution in [0.1, 0.15) is 19.8 Å². The largest absolute Gasteiger partial charge is 0.299 e. The average molecular weight is 292 g/mol. The Labute approximate surface area is 121 Å². The summed E-state index contributed by atoms with van der Waals surface area (Å²) in [6, 6.07) is 3.93. The zero-order valence-electron chi connectivity index (χ0n) is 10.8. The first kappa shape index (κ1) is 12.9. The highest BCUT2D eigenvalue weighted by molar-refractivity contribution is 8.00. The standard InChI is InChI=1S/C13H16N4S2/c1-13(5-3-7-19-13)9-17-11(15-16-12(17)18)10-4-2-6-14-8-10/h2,4,6,8H,3,5,7,9H2,1H3,(H,16,18). The number of aromatic nitrogens is 4. The van der Waals surface area contributed by atoms with Gasteiger partial charge in [0.25, 0.3) is 0 Å². The van der Waals surface area contributed by atoms with E-state index in [1.165, 1.54) is 18.6 Å². The van der Waals surface area contributed by atoms with Crippen molar-refractivity contribution in [2.24, 2.45) is 0 Å². The van der Waals surface area contributed by atoms with E-state index in [1.54, 1.807) is 6.20 Å². The number of nitrogens with zero attached hydrogens (tertiary/aromatic N) is 3. The molecule has 0 amide bonds. The van der Waals surface area contributed by atoms with E-state index in [2.05, 4.69) is 26.7 Å². The zero-order valence-corrected chi connectivity index (χ0v) is 12.4. The van der Waals surface area contributed by atoms with E-state index < -0.39 is 0 Å². The fourth-order valence-corrected chi connectivity index (χ4v) is 3.96. The molecule has 1 fully saturated rings. The van der Waals surface area contributed by atoms with E-state index in [0.29, 0.717) is 4.77 Å². The Hall–Kier alpha value is -1.14. The summed E-state index contributed by atoms with van der Waals surface area (Å²) in [6.07, 6.45) is 6.11. The van der Waals surface area contributed by atoms with Gasteiger partial charge in [0.05, 0.1) is 0 Å². The first-order valence-corrected chi connectivity index (χ1v) is 7.77. The normalized spacial score (nSPS) is 22.8. The number of thioether (sulfide) groups is 1. The summed E-state index contributed by atoms with van der Waals surface area (Å²) in [5.74, 6) is 2.12. The molecule has 1 aliphatic heterocycles. The van der Waals surface area contributed by atoms with Crippen molar-refractivity contribution in [3.63, 3.8) is 0 Å². The summed E-state index contributed by atoms with van der Waals surface area (Å²) in [6.45, 7) is 3.21. The summed E-state index contributed by atoms with van der Waals surface area (Å²) < 4.78 is 3.05. The van der Waals surface area contributed by atoms with Crippen LogP contribution in [0.15, 0.2) is 24.5 Å². The fourth-order valence-electron chi connectivity index (χ4n) is 2.48. The first-order chi connectivity index (χ1) is 9.18. The maximum absolute atomic E-state index is 5.37. The van der Waals surface area contributed by atoms with Crippen molar-refractivity contribution in [1.82, 2.24) is 19.7 Å².